The Morgan fingerprint density at radius 2 is 1.55 bits per heavy atom. The van der Waals surface area contributed by atoms with Gasteiger partial charge in [0.15, 0.2) is 0 Å². The minimum atomic E-state index is 0.0110. The van der Waals surface area contributed by atoms with Crippen LogP contribution in [0.2, 0.25) is 0 Å². The molecule has 160 valence electrons. The summed E-state index contributed by atoms with van der Waals surface area (Å²) in [5, 5.41) is 3.07. The van der Waals surface area contributed by atoms with Gasteiger partial charge in [-0.05, 0) is 80.1 Å². The van der Waals surface area contributed by atoms with Gasteiger partial charge in [-0.15, -0.1) is 0 Å². The third-order valence-corrected chi connectivity index (χ3v) is 6.42. The summed E-state index contributed by atoms with van der Waals surface area (Å²) in [6.07, 6.45) is 5.68. The molecule has 1 aliphatic rings. The maximum absolute atomic E-state index is 12.4. The van der Waals surface area contributed by atoms with Crippen LogP contribution in [0, 0.1) is 0 Å². The van der Waals surface area contributed by atoms with Crippen molar-refractivity contribution in [2.24, 2.45) is 0 Å². The number of fused-ring (bicyclic) bond motifs is 1. The van der Waals surface area contributed by atoms with Gasteiger partial charge >= 0.3 is 0 Å². The number of rotatable bonds is 8. The van der Waals surface area contributed by atoms with Crippen LogP contribution < -0.4 is 5.32 Å². The van der Waals surface area contributed by atoms with Crippen LogP contribution in [0.5, 0.6) is 0 Å². The Labute approximate surface area is 186 Å². The molecule has 0 aromatic heterocycles. The van der Waals surface area contributed by atoms with E-state index in [1.165, 1.54) is 29.5 Å². The van der Waals surface area contributed by atoms with Crippen molar-refractivity contribution in [1.82, 2.24) is 10.2 Å². The molecular formula is C28H32N2O. The summed E-state index contributed by atoms with van der Waals surface area (Å²) in [6.45, 7) is 1.80. The van der Waals surface area contributed by atoms with Crippen LogP contribution in [0.25, 0.3) is 11.1 Å². The van der Waals surface area contributed by atoms with Gasteiger partial charge in [0, 0.05) is 18.2 Å². The van der Waals surface area contributed by atoms with Crippen molar-refractivity contribution in [2.45, 2.75) is 38.1 Å². The molecule has 4 rings (SSSR count). The van der Waals surface area contributed by atoms with Crippen molar-refractivity contribution in [3.05, 3.63) is 95.6 Å². The number of nitrogens with zero attached hydrogens (tertiary/aromatic N) is 1. The van der Waals surface area contributed by atoms with Crippen LogP contribution in [-0.2, 0) is 12.8 Å². The van der Waals surface area contributed by atoms with Gasteiger partial charge in [0.2, 0.25) is 0 Å². The third-order valence-electron chi connectivity index (χ3n) is 6.42. The fourth-order valence-corrected chi connectivity index (χ4v) is 4.47. The molecule has 31 heavy (non-hydrogen) atoms. The third kappa shape index (κ3) is 5.62. The first-order valence-electron chi connectivity index (χ1n) is 11.4. The smallest absolute Gasteiger partial charge is 0.251 e. The molecule has 0 spiro atoms. The fourth-order valence-electron chi connectivity index (χ4n) is 4.47. The maximum atomic E-state index is 12.4. The molecule has 3 aromatic rings. The molecule has 0 saturated heterocycles. The van der Waals surface area contributed by atoms with Crippen LogP contribution in [0.15, 0.2) is 78.9 Å². The second-order valence-electron chi connectivity index (χ2n) is 8.55. The van der Waals surface area contributed by atoms with E-state index in [0.717, 1.165) is 43.5 Å². The Balaban J connectivity index is 1.17. The standard InChI is InChI=1S/C28H32N2O/c1-30(27-18-17-23-11-5-6-12-26(23)21-27)20-8-7-19-29-28(31)25-15-13-24(14-16-25)22-9-3-2-4-10-22/h2-6,9-16,27H,7-8,17-21H2,1H3,(H,29,31). The van der Waals surface area contributed by atoms with Gasteiger partial charge in [0.05, 0.1) is 0 Å². The minimum absolute atomic E-state index is 0.0110. The molecule has 1 unspecified atom stereocenters. The Bertz CT molecular complexity index is 981. The predicted octanol–water partition coefficient (Wildman–Crippen LogP) is 5.35. The van der Waals surface area contributed by atoms with Gasteiger partial charge in [-0.25, -0.2) is 0 Å². The van der Waals surface area contributed by atoms with Crippen LogP contribution in [0.3, 0.4) is 0 Å². The number of nitrogens with one attached hydrogen (secondary N) is 1. The number of amides is 1. The molecule has 0 bridgehead atoms. The van der Waals surface area contributed by atoms with Gasteiger partial charge in [-0.2, -0.15) is 0 Å². The molecule has 0 heterocycles. The molecule has 1 amide bonds. The lowest BCUT2D eigenvalue weighted by Crippen LogP contribution is -2.37. The fraction of sp³-hybridized carbons (Fsp3) is 0.321. The van der Waals surface area contributed by atoms with Crippen LogP contribution in [0.4, 0.5) is 0 Å². The first-order chi connectivity index (χ1) is 15.2. The molecule has 0 radical (unpaired) electrons. The van der Waals surface area contributed by atoms with Crippen LogP contribution in [-0.4, -0.2) is 37.0 Å². The van der Waals surface area contributed by atoms with E-state index in [9.17, 15) is 4.79 Å². The topological polar surface area (TPSA) is 32.3 Å². The Kier molecular flexibility index (Phi) is 7.16. The zero-order valence-electron chi connectivity index (χ0n) is 18.4. The Hall–Kier alpha value is -2.91. The summed E-state index contributed by atoms with van der Waals surface area (Å²) in [5.41, 5.74) is 6.05. The molecule has 3 nitrogen and oxygen atoms in total. The highest BCUT2D eigenvalue weighted by Gasteiger charge is 2.21. The van der Waals surface area contributed by atoms with Crippen molar-refractivity contribution in [3.8, 4) is 11.1 Å². The van der Waals surface area contributed by atoms with Crippen LogP contribution >= 0.6 is 0 Å². The Morgan fingerprint density at radius 1 is 0.871 bits per heavy atom. The zero-order chi connectivity index (χ0) is 21.5. The number of carbonyl (C=O) groups is 1. The maximum Gasteiger partial charge on any atom is 0.251 e. The summed E-state index contributed by atoms with van der Waals surface area (Å²) in [5.74, 6) is 0.0110. The number of hydrogen-bond donors (Lipinski definition) is 1. The summed E-state index contributed by atoms with van der Waals surface area (Å²) < 4.78 is 0. The lowest BCUT2D eigenvalue weighted by Gasteiger charge is -2.32. The number of likely N-dealkylation sites (N-methyl/N-ethyl adjacent to an activating group) is 1. The van der Waals surface area contributed by atoms with E-state index in [0.29, 0.717) is 6.04 Å². The summed E-state index contributed by atoms with van der Waals surface area (Å²) in [4.78, 5) is 14.9. The van der Waals surface area contributed by atoms with Gasteiger partial charge in [0.1, 0.15) is 0 Å². The van der Waals surface area contributed by atoms with Gasteiger partial charge in [-0.3, -0.25) is 4.79 Å². The highest BCUT2D eigenvalue weighted by atomic mass is 16.1. The molecule has 3 aromatic carbocycles. The van der Waals surface area contributed by atoms with Gasteiger partial charge < -0.3 is 10.2 Å². The van der Waals surface area contributed by atoms with Crippen molar-refractivity contribution < 1.29 is 4.79 Å². The van der Waals surface area contributed by atoms with E-state index >= 15 is 0 Å². The Morgan fingerprint density at radius 3 is 2.32 bits per heavy atom. The van der Waals surface area contributed by atoms with E-state index in [1.54, 1.807) is 0 Å². The number of unbranched alkanes of at least 4 members (excludes halogenated alkanes) is 1. The lowest BCUT2D eigenvalue weighted by molar-refractivity contribution is 0.0952. The molecule has 1 N–H and O–H groups in total. The molecule has 0 aliphatic heterocycles. The molecule has 1 aliphatic carbocycles. The highest BCUT2D eigenvalue weighted by Crippen LogP contribution is 2.24. The molecule has 0 saturated carbocycles. The molecular weight excluding hydrogens is 380 g/mol. The van der Waals surface area contributed by atoms with Gasteiger partial charge in [0.25, 0.3) is 5.91 Å². The quantitative estimate of drug-likeness (QED) is 0.506. The van der Waals surface area contributed by atoms with Crippen LogP contribution in [0.1, 0.15) is 40.7 Å². The van der Waals surface area contributed by atoms with Crippen molar-refractivity contribution in [3.63, 3.8) is 0 Å². The number of hydrogen-bond acceptors (Lipinski definition) is 2. The second-order valence-corrected chi connectivity index (χ2v) is 8.55. The highest BCUT2D eigenvalue weighted by molar-refractivity contribution is 5.94. The first-order valence-corrected chi connectivity index (χ1v) is 11.4. The van der Waals surface area contributed by atoms with Crippen molar-refractivity contribution in [2.75, 3.05) is 20.1 Å². The van der Waals surface area contributed by atoms with E-state index in [2.05, 4.69) is 53.7 Å². The van der Waals surface area contributed by atoms with Crippen molar-refractivity contribution >= 4 is 5.91 Å². The molecule has 1 atom stereocenters. The number of aryl methyl sites for hydroxylation is 1. The SMILES string of the molecule is CN(CCCCNC(=O)c1ccc(-c2ccccc2)cc1)C1CCc2ccccc2C1. The average molecular weight is 413 g/mol. The van der Waals surface area contributed by atoms with Crippen molar-refractivity contribution in [1.29, 1.82) is 0 Å². The van der Waals surface area contributed by atoms with E-state index in [-0.39, 0.29) is 5.91 Å². The molecule has 3 heteroatoms. The number of carbonyl (C=O) groups excluding carboxylic acids is 1. The van der Waals surface area contributed by atoms with E-state index in [1.807, 2.05) is 42.5 Å². The lowest BCUT2D eigenvalue weighted by atomic mass is 9.87. The monoisotopic (exact) mass is 412 g/mol. The number of benzene rings is 3. The minimum Gasteiger partial charge on any atom is -0.352 e. The average Bonchev–Trinajstić information content (AvgIpc) is 2.84. The summed E-state index contributed by atoms with van der Waals surface area (Å²) >= 11 is 0. The second kappa shape index (κ2) is 10.4. The largest absolute Gasteiger partial charge is 0.352 e. The molecule has 0 fully saturated rings. The normalized spacial score (nSPS) is 15.5. The van der Waals surface area contributed by atoms with Gasteiger partial charge in [-0.1, -0.05) is 66.7 Å². The predicted molar refractivity (Wildman–Crippen MR) is 128 cm³/mol. The zero-order valence-corrected chi connectivity index (χ0v) is 18.4. The first kappa shape index (κ1) is 21.3. The summed E-state index contributed by atoms with van der Waals surface area (Å²) in [7, 11) is 2.24. The van der Waals surface area contributed by atoms with E-state index < -0.39 is 0 Å². The summed E-state index contributed by atoms with van der Waals surface area (Å²) in [6, 6.07) is 27.6. The van der Waals surface area contributed by atoms with E-state index in [4.69, 9.17) is 0 Å².